The van der Waals surface area contributed by atoms with E-state index in [1.807, 2.05) is 70.9 Å². The summed E-state index contributed by atoms with van der Waals surface area (Å²) >= 11 is 0. The molecule has 4 heterocycles. The number of amides is 1. The molecule has 3 aromatic heterocycles. The molecule has 1 amide bonds. The van der Waals surface area contributed by atoms with Crippen LogP contribution in [0.3, 0.4) is 0 Å². The first-order valence-electron chi connectivity index (χ1n) is 10.9. The van der Waals surface area contributed by atoms with Crippen molar-refractivity contribution >= 4 is 45.4 Å². The van der Waals surface area contributed by atoms with Gasteiger partial charge in [-0.15, -0.1) is 0 Å². The highest BCUT2D eigenvalue weighted by atomic mass is 16.6. The summed E-state index contributed by atoms with van der Waals surface area (Å²) < 4.78 is 9.15. The van der Waals surface area contributed by atoms with E-state index in [0.29, 0.717) is 30.4 Å². The molecular formula is C26H21N3O4. The van der Waals surface area contributed by atoms with Gasteiger partial charge in [0.15, 0.2) is 0 Å². The molecule has 0 spiro atoms. The maximum absolute atomic E-state index is 13.1. The fraction of sp³-hybridized carbons (Fsp3) is 0.192. The lowest BCUT2D eigenvalue weighted by molar-refractivity contribution is -0.149. The average molecular weight is 439 g/mol. The quantitative estimate of drug-likeness (QED) is 0.392. The molecule has 1 aromatic carbocycles. The number of hydrogen-bond donors (Lipinski definition) is 1. The number of primary amides is 1. The number of carbonyl (C=O) groups excluding carboxylic acids is 3. The van der Waals surface area contributed by atoms with Gasteiger partial charge in [-0.05, 0) is 43.0 Å². The Labute approximate surface area is 189 Å². The molecule has 1 aliphatic heterocycles. The molecule has 2 N–H and O–H groups in total. The van der Waals surface area contributed by atoms with Gasteiger partial charge in [0.05, 0.1) is 16.7 Å². The van der Waals surface area contributed by atoms with E-state index < -0.39 is 11.9 Å². The molecular weight excluding hydrogens is 418 g/mol. The number of esters is 2. The summed E-state index contributed by atoms with van der Waals surface area (Å²) in [7, 11) is 1.90. The zero-order valence-corrected chi connectivity index (χ0v) is 18.0. The Morgan fingerprint density at radius 3 is 2.58 bits per heavy atom. The first-order chi connectivity index (χ1) is 16.0. The highest BCUT2D eigenvalue weighted by Crippen LogP contribution is 2.43. The van der Waals surface area contributed by atoms with E-state index in [0.717, 1.165) is 27.7 Å². The number of benzene rings is 1. The third-order valence-electron chi connectivity index (χ3n) is 6.90. The van der Waals surface area contributed by atoms with Gasteiger partial charge in [0, 0.05) is 53.1 Å². The first kappa shape index (κ1) is 19.5. The summed E-state index contributed by atoms with van der Waals surface area (Å²) in [5, 5.41) is 0.867. The fourth-order valence-corrected chi connectivity index (χ4v) is 5.40. The van der Waals surface area contributed by atoms with Crippen molar-refractivity contribution in [1.29, 1.82) is 0 Å². The predicted molar refractivity (Wildman–Crippen MR) is 123 cm³/mol. The summed E-state index contributed by atoms with van der Waals surface area (Å²) in [6, 6.07) is 13.5. The molecule has 1 unspecified atom stereocenters. The van der Waals surface area contributed by atoms with Gasteiger partial charge in [0.25, 0.3) is 0 Å². The second-order valence-electron chi connectivity index (χ2n) is 8.70. The number of ether oxygens (including phenoxy) is 1. The number of para-hydroxylation sites is 1. The largest absolute Gasteiger partial charge is 0.386 e. The summed E-state index contributed by atoms with van der Waals surface area (Å²) in [6.45, 7) is 0. The Kier molecular flexibility index (Phi) is 4.11. The summed E-state index contributed by atoms with van der Waals surface area (Å²) in [5.74, 6) is -1.99. The Bertz CT molecular complexity index is 1550. The van der Waals surface area contributed by atoms with Crippen LogP contribution >= 0.6 is 0 Å². The molecule has 0 radical (unpaired) electrons. The molecule has 7 heteroatoms. The fourth-order valence-electron chi connectivity index (χ4n) is 5.40. The second kappa shape index (κ2) is 6.93. The first-order valence-corrected chi connectivity index (χ1v) is 10.9. The number of hydrogen-bond acceptors (Lipinski definition) is 4. The number of nitrogens with two attached hydrogens (primary N) is 1. The Hall–Kier alpha value is -4.13. The molecule has 1 aliphatic carbocycles. The van der Waals surface area contributed by atoms with Crippen LogP contribution < -0.4 is 5.73 Å². The Morgan fingerprint density at radius 2 is 1.76 bits per heavy atom. The zero-order chi connectivity index (χ0) is 22.9. The van der Waals surface area contributed by atoms with E-state index in [9.17, 15) is 14.4 Å². The number of nitrogens with zero attached hydrogens (tertiary/aromatic N) is 2. The second-order valence-corrected chi connectivity index (χ2v) is 8.70. The van der Waals surface area contributed by atoms with Crippen LogP contribution in [0.25, 0.3) is 27.6 Å². The molecule has 4 aromatic rings. The zero-order valence-electron chi connectivity index (χ0n) is 18.0. The molecule has 0 saturated carbocycles. The molecule has 0 bridgehead atoms. The molecule has 164 valence electrons. The van der Waals surface area contributed by atoms with E-state index in [-0.39, 0.29) is 23.0 Å². The van der Waals surface area contributed by atoms with Crippen LogP contribution in [-0.4, -0.2) is 26.8 Å². The van der Waals surface area contributed by atoms with Gasteiger partial charge in [-0.25, -0.2) is 9.59 Å². The predicted octanol–water partition coefficient (Wildman–Crippen LogP) is 3.02. The van der Waals surface area contributed by atoms with Gasteiger partial charge < -0.3 is 19.4 Å². The monoisotopic (exact) mass is 439 g/mol. The van der Waals surface area contributed by atoms with Gasteiger partial charge in [-0.2, -0.15) is 0 Å². The highest BCUT2D eigenvalue weighted by Gasteiger charge is 2.40. The van der Waals surface area contributed by atoms with Crippen molar-refractivity contribution in [3.05, 3.63) is 77.2 Å². The van der Waals surface area contributed by atoms with Crippen LogP contribution in [0.4, 0.5) is 0 Å². The Balaban J connectivity index is 1.70. The van der Waals surface area contributed by atoms with Gasteiger partial charge in [0.1, 0.15) is 0 Å². The van der Waals surface area contributed by atoms with E-state index >= 15 is 0 Å². The van der Waals surface area contributed by atoms with Crippen molar-refractivity contribution in [2.45, 2.75) is 19.3 Å². The van der Waals surface area contributed by atoms with Gasteiger partial charge in [-0.1, -0.05) is 24.3 Å². The summed E-state index contributed by atoms with van der Waals surface area (Å²) in [5.41, 5.74) is 11.2. The van der Waals surface area contributed by atoms with Crippen LogP contribution in [0, 0.1) is 5.92 Å². The van der Waals surface area contributed by atoms with E-state index in [4.69, 9.17) is 10.5 Å². The van der Waals surface area contributed by atoms with Crippen molar-refractivity contribution in [3.8, 4) is 0 Å². The van der Waals surface area contributed by atoms with E-state index in [2.05, 4.69) is 0 Å². The molecule has 33 heavy (non-hydrogen) atoms. The van der Waals surface area contributed by atoms with E-state index in [1.54, 1.807) is 0 Å². The SMILES string of the molecule is Cn1cc(C2=C(c3c4c(n5ccccc35)CCC(C(N)=O)C4)C(=O)OC2=O)c2ccccc21. The number of rotatable bonds is 3. The molecule has 0 saturated heterocycles. The molecule has 2 aliphatic rings. The van der Waals surface area contributed by atoms with Crippen LogP contribution in [0.1, 0.15) is 28.8 Å². The van der Waals surface area contributed by atoms with Gasteiger partial charge in [0.2, 0.25) is 5.91 Å². The Morgan fingerprint density at radius 1 is 1.03 bits per heavy atom. The lowest BCUT2D eigenvalue weighted by Gasteiger charge is -2.21. The standard InChI is InChI=1S/C26H21N3O4/c1-28-13-17(15-6-2-3-7-18(15)28)22-23(26(32)33-25(22)31)21-16-12-14(24(27)30)9-10-19(16)29-11-5-4-8-20(21)29/h2-8,11,13-14H,9-10,12H2,1H3,(H2,27,30). The van der Waals surface area contributed by atoms with Crippen molar-refractivity contribution in [2.24, 2.45) is 18.7 Å². The van der Waals surface area contributed by atoms with Gasteiger partial charge in [-0.3, -0.25) is 4.79 Å². The van der Waals surface area contributed by atoms with E-state index in [1.165, 1.54) is 0 Å². The number of carbonyl (C=O) groups is 3. The van der Waals surface area contributed by atoms with Crippen molar-refractivity contribution < 1.29 is 19.1 Å². The minimum Gasteiger partial charge on any atom is -0.386 e. The number of aryl methyl sites for hydroxylation is 2. The lowest BCUT2D eigenvalue weighted by atomic mass is 9.83. The maximum Gasteiger partial charge on any atom is 0.347 e. The van der Waals surface area contributed by atoms with Crippen LogP contribution in [0.2, 0.25) is 0 Å². The van der Waals surface area contributed by atoms with Crippen LogP contribution in [0.15, 0.2) is 54.9 Å². The van der Waals surface area contributed by atoms with Crippen molar-refractivity contribution in [2.75, 3.05) is 0 Å². The van der Waals surface area contributed by atoms with Crippen molar-refractivity contribution in [3.63, 3.8) is 0 Å². The van der Waals surface area contributed by atoms with Gasteiger partial charge >= 0.3 is 11.9 Å². The molecule has 6 rings (SSSR count). The topological polar surface area (TPSA) is 95.8 Å². The average Bonchev–Trinajstić information content (AvgIpc) is 3.41. The number of aromatic nitrogens is 2. The maximum atomic E-state index is 13.1. The third-order valence-corrected chi connectivity index (χ3v) is 6.90. The number of pyridine rings is 1. The molecule has 1 atom stereocenters. The number of fused-ring (bicyclic) bond motifs is 4. The minimum atomic E-state index is -0.664. The van der Waals surface area contributed by atoms with Crippen LogP contribution in [-0.2, 0) is 39.0 Å². The molecule has 7 nitrogen and oxygen atoms in total. The summed E-state index contributed by atoms with van der Waals surface area (Å²) in [4.78, 5) is 38.2. The minimum absolute atomic E-state index is 0.256. The molecule has 0 fully saturated rings. The van der Waals surface area contributed by atoms with Crippen LogP contribution in [0.5, 0.6) is 0 Å². The highest BCUT2D eigenvalue weighted by molar-refractivity contribution is 6.46. The third kappa shape index (κ3) is 2.72. The number of cyclic esters (lactones) is 2. The normalized spacial score (nSPS) is 18.3. The summed E-state index contributed by atoms with van der Waals surface area (Å²) in [6.07, 6.45) is 5.55. The smallest absolute Gasteiger partial charge is 0.347 e. The van der Waals surface area contributed by atoms with Crippen molar-refractivity contribution in [1.82, 2.24) is 8.97 Å². The lowest BCUT2D eigenvalue weighted by Crippen LogP contribution is -2.29.